The summed E-state index contributed by atoms with van der Waals surface area (Å²) in [7, 11) is -4.17. The van der Waals surface area contributed by atoms with Crippen LogP contribution in [0.1, 0.15) is 17.7 Å². The van der Waals surface area contributed by atoms with Crippen LogP contribution in [0.5, 0.6) is 0 Å². The third-order valence-corrected chi connectivity index (χ3v) is 6.76. The molecule has 0 spiro atoms. The summed E-state index contributed by atoms with van der Waals surface area (Å²) in [5, 5.41) is 8.95. The Morgan fingerprint density at radius 1 is 1.10 bits per heavy atom. The second-order valence-electron chi connectivity index (χ2n) is 6.61. The summed E-state index contributed by atoms with van der Waals surface area (Å²) in [6, 6.07) is 12.0. The number of thioether (sulfide) groups is 1. The zero-order valence-electron chi connectivity index (χ0n) is 15.0. The predicted molar refractivity (Wildman–Crippen MR) is 104 cm³/mol. The van der Waals surface area contributed by atoms with Crippen LogP contribution in [0.2, 0.25) is 0 Å². The van der Waals surface area contributed by atoms with Crippen LogP contribution in [0.4, 0.5) is 13.2 Å². The first-order valence-corrected chi connectivity index (χ1v) is 11.2. The van der Waals surface area contributed by atoms with Crippen LogP contribution in [0.3, 0.4) is 0 Å². The topological polar surface area (TPSA) is 78.0 Å². The normalized spacial score (nSPS) is 14.6. The van der Waals surface area contributed by atoms with E-state index >= 15 is 0 Å². The SMILES string of the molecule is NS(=O)(=O)c1ccccc1-n1nc(C(F)(F)F)cc1-c1ccc2c(c1)CCCS2. The van der Waals surface area contributed by atoms with Crippen molar-refractivity contribution in [3.63, 3.8) is 0 Å². The first-order valence-electron chi connectivity index (χ1n) is 8.70. The third kappa shape index (κ3) is 3.92. The smallest absolute Gasteiger partial charge is 0.231 e. The van der Waals surface area contributed by atoms with Gasteiger partial charge in [0.05, 0.1) is 11.4 Å². The minimum absolute atomic E-state index is 0.0346. The van der Waals surface area contributed by atoms with Crippen LogP contribution in [0, 0.1) is 0 Å². The highest BCUT2D eigenvalue weighted by Gasteiger charge is 2.36. The summed E-state index contributed by atoms with van der Waals surface area (Å²) in [4.78, 5) is 0.804. The number of halogens is 3. The molecule has 0 saturated heterocycles. The number of nitrogens with zero attached hydrogens (tertiary/aromatic N) is 2. The first-order chi connectivity index (χ1) is 13.6. The zero-order valence-corrected chi connectivity index (χ0v) is 16.6. The lowest BCUT2D eigenvalue weighted by atomic mass is 10.0. The minimum Gasteiger partial charge on any atom is -0.231 e. The first kappa shape index (κ1) is 20.0. The molecule has 0 unspecified atom stereocenters. The van der Waals surface area contributed by atoms with Crippen LogP contribution in [0.25, 0.3) is 16.9 Å². The van der Waals surface area contributed by atoms with Crippen molar-refractivity contribution in [2.24, 2.45) is 5.14 Å². The van der Waals surface area contributed by atoms with Gasteiger partial charge in [-0.3, -0.25) is 0 Å². The molecule has 29 heavy (non-hydrogen) atoms. The molecule has 2 aromatic carbocycles. The Kier molecular flexibility index (Phi) is 4.96. The fourth-order valence-electron chi connectivity index (χ4n) is 3.30. The van der Waals surface area contributed by atoms with Gasteiger partial charge in [-0.15, -0.1) is 11.8 Å². The maximum absolute atomic E-state index is 13.4. The van der Waals surface area contributed by atoms with E-state index in [2.05, 4.69) is 5.10 Å². The van der Waals surface area contributed by atoms with E-state index in [-0.39, 0.29) is 16.3 Å². The molecule has 5 nitrogen and oxygen atoms in total. The third-order valence-electron chi connectivity index (χ3n) is 4.60. The largest absolute Gasteiger partial charge is 0.435 e. The fourth-order valence-corrected chi connectivity index (χ4v) is 5.03. The van der Waals surface area contributed by atoms with Gasteiger partial charge in [0.15, 0.2) is 5.69 Å². The van der Waals surface area contributed by atoms with Crippen LogP contribution in [0.15, 0.2) is 58.3 Å². The van der Waals surface area contributed by atoms with Gasteiger partial charge in [0.2, 0.25) is 10.0 Å². The van der Waals surface area contributed by atoms with E-state index in [9.17, 15) is 21.6 Å². The number of fused-ring (bicyclic) bond motifs is 1. The highest BCUT2D eigenvalue weighted by Crippen LogP contribution is 2.37. The van der Waals surface area contributed by atoms with Gasteiger partial charge in [0.1, 0.15) is 4.90 Å². The number of aryl methyl sites for hydroxylation is 1. The molecular formula is C19H16F3N3O2S2. The molecule has 0 aliphatic carbocycles. The van der Waals surface area contributed by atoms with E-state index in [1.165, 1.54) is 24.3 Å². The molecule has 10 heteroatoms. The molecule has 1 aromatic heterocycles. The van der Waals surface area contributed by atoms with E-state index in [1.807, 2.05) is 12.1 Å². The molecule has 1 aliphatic heterocycles. The summed E-state index contributed by atoms with van der Waals surface area (Å²) in [6.45, 7) is 0. The molecular weight excluding hydrogens is 423 g/mol. The van der Waals surface area contributed by atoms with Crippen molar-refractivity contribution in [2.45, 2.75) is 28.8 Å². The number of rotatable bonds is 3. The van der Waals surface area contributed by atoms with Gasteiger partial charge < -0.3 is 0 Å². The molecule has 3 aromatic rings. The predicted octanol–water partition coefficient (Wildman–Crippen LogP) is 4.24. The summed E-state index contributed by atoms with van der Waals surface area (Å²) < 4.78 is 65.2. The lowest BCUT2D eigenvalue weighted by Gasteiger charge is -2.17. The van der Waals surface area contributed by atoms with Crippen molar-refractivity contribution in [3.05, 3.63) is 59.8 Å². The molecule has 4 rings (SSSR count). The van der Waals surface area contributed by atoms with Crippen molar-refractivity contribution in [3.8, 4) is 16.9 Å². The fraction of sp³-hybridized carbons (Fsp3) is 0.211. The Balaban J connectivity index is 1.96. The molecule has 152 valence electrons. The number of nitrogens with two attached hydrogens (primary N) is 1. The number of para-hydroxylation sites is 1. The van der Waals surface area contributed by atoms with Gasteiger partial charge in [-0.2, -0.15) is 18.3 Å². The van der Waals surface area contributed by atoms with Crippen LogP contribution < -0.4 is 5.14 Å². The van der Waals surface area contributed by atoms with E-state index in [4.69, 9.17) is 5.14 Å². The Hall–Kier alpha value is -2.30. The maximum Gasteiger partial charge on any atom is 0.435 e. The molecule has 2 N–H and O–H groups in total. The van der Waals surface area contributed by atoms with Gasteiger partial charge in [-0.05, 0) is 54.5 Å². The lowest BCUT2D eigenvalue weighted by molar-refractivity contribution is -0.141. The Labute approximate surface area is 169 Å². The van der Waals surface area contributed by atoms with Crippen LogP contribution in [-0.2, 0) is 22.6 Å². The second-order valence-corrected chi connectivity index (χ2v) is 9.28. The molecule has 1 aliphatic rings. The average molecular weight is 439 g/mol. The number of sulfonamides is 1. The molecule has 0 fully saturated rings. The number of benzene rings is 2. The van der Waals surface area contributed by atoms with Crippen molar-refractivity contribution in [2.75, 3.05) is 5.75 Å². The Morgan fingerprint density at radius 3 is 2.59 bits per heavy atom. The van der Waals surface area contributed by atoms with Gasteiger partial charge in [-0.1, -0.05) is 18.2 Å². The number of primary sulfonamides is 1. The molecule has 0 saturated carbocycles. The number of hydrogen-bond donors (Lipinski definition) is 1. The Bertz CT molecular complexity index is 1190. The summed E-state index contributed by atoms with van der Waals surface area (Å²) in [5.74, 6) is 1.00. The van der Waals surface area contributed by atoms with Crippen LogP contribution >= 0.6 is 11.8 Å². The van der Waals surface area contributed by atoms with Gasteiger partial charge in [0.25, 0.3) is 0 Å². The summed E-state index contributed by atoms with van der Waals surface area (Å²) in [5.41, 5.74) is 0.585. The van der Waals surface area contributed by atoms with Gasteiger partial charge in [0, 0.05) is 10.5 Å². The average Bonchev–Trinajstić information content (AvgIpc) is 3.13. The zero-order chi connectivity index (χ0) is 20.8. The van der Waals surface area contributed by atoms with E-state index in [0.717, 1.165) is 39.8 Å². The highest BCUT2D eigenvalue weighted by molar-refractivity contribution is 7.99. The number of aromatic nitrogens is 2. The van der Waals surface area contributed by atoms with Gasteiger partial charge >= 0.3 is 6.18 Å². The monoisotopic (exact) mass is 439 g/mol. The minimum atomic E-state index is -4.68. The van der Waals surface area contributed by atoms with Gasteiger partial charge in [-0.25, -0.2) is 18.2 Å². The quantitative estimate of drug-likeness (QED) is 0.662. The highest BCUT2D eigenvalue weighted by atomic mass is 32.2. The second kappa shape index (κ2) is 7.19. The molecule has 0 amide bonds. The standard InChI is InChI=1S/C19H16F3N3O2S2/c20-19(21,22)18-11-15(12-7-8-16-13(10-12)4-3-9-28-16)25(24-18)14-5-1-2-6-17(14)29(23,26)27/h1-2,5-8,10-11H,3-4,9H2,(H2,23,26,27). The molecule has 2 heterocycles. The maximum atomic E-state index is 13.4. The molecule has 0 atom stereocenters. The number of hydrogen-bond acceptors (Lipinski definition) is 4. The summed E-state index contributed by atoms with van der Waals surface area (Å²) in [6.07, 6.45) is -2.85. The number of alkyl halides is 3. The molecule has 0 bridgehead atoms. The summed E-state index contributed by atoms with van der Waals surface area (Å²) >= 11 is 1.71. The van der Waals surface area contributed by atoms with Crippen molar-refractivity contribution in [1.82, 2.24) is 9.78 Å². The van der Waals surface area contributed by atoms with E-state index in [1.54, 1.807) is 17.8 Å². The van der Waals surface area contributed by atoms with Crippen molar-refractivity contribution in [1.29, 1.82) is 0 Å². The van der Waals surface area contributed by atoms with Crippen LogP contribution in [-0.4, -0.2) is 24.0 Å². The Morgan fingerprint density at radius 2 is 1.86 bits per heavy atom. The van der Waals surface area contributed by atoms with E-state index in [0.29, 0.717) is 5.56 Å². The lowest BCUT2D eigenvalue weighted by Crippen LogP contribution is -2.16. The van der Waals surface area contributed by atoms with Crippen molar-refractivity contribution >= 4 is 21.8 Å². The molecule has 0 radical (unpaired) electrons. The van der Waals surface area contributed by atoms with Crippen molar-refractivity contribution < 1.29 is 21.6 Å². The van der Waals surface area contributed by atoms with E-state index < -0.39 is 21.9 Å².